The summed E-state index contributed by atoms with van der Waals surface area (Å²) >= 11 is 6.60. The number of rotatable bonds is 6. The summed E-state index contributed by atoms with van der Waals surface area (Å²) in [5, 5.41) is 3.50. The molecular formula is C25H27ClN2O4. The van der Waals surface area contributed by atoms with Crippen LogP contribution < -0.4 is 15.6 Å². The summed E-state index contributed by atoms with van der Waals surface area (Å²) < 4.78 is 11.5. The number of halogens is 1. The number of hydrogen-bond acceptors (Lipinski definition) is 4. The molecule has 1 amide bonds. The lowest BCUT2D eigenvalue weighted by Crippen LogP contribution is -2.26. The van der Waals surface area contributed by atoms with Gasteiger partial charge in [0.05, 0.1) is 18.2 Å². The van der Waals surface area contributed by atoms with Crippen LogP contribution in [0.4, 0.5) is 0 Å². The SMILES string of the molecule is O=C1CC[C@H](C=C(c2ccc(OC3CCOCC3)c(Cl)c2)c2ccc(C3CC3)c(=O)[nH]2)N1. The van der Waals surface area contributed by atoms with E-state index in [1.165, 1.54) is 0 Å². The molecule has 1 atom stereocenters. The lowest BCUT2D eigenvalue weighted by Gasteiger charge is -2.24. The van der Waals surface area contributed by atoms with Gasteiger partial charge in [-0.25, -0.2) is 0 Å². The molecule has 2 aromatic rings. The Bertz CT molecular complexity index is 1100. The Labute approximate surface area is 192 Å². The van der Waals surface area contributed by atoms with Gasteiger partial charge in [0, 0.05) is 42.1 Å². The van der Waals surface area contributed by atoms with Crippen molar-refractivity contribution in [3.8, 4) is 5.75 Å². The summed E-state index contributed by atoms with van der Waals surface area (Å²) in [6.07, 6.45) is 7.18. The number of amides is 1. The van der Waals surface area contributed by atoms with Crippen molar-refractivity contribution < 1.29 is 14.3 Å². The molecule has 3 heterocycles. The fraction of sp³-hybridized carbons (Fsp3) is 0.440. The predicted molar refractivity (Wildman–Crippen MR) is 123 cm³/mol. The van der Waals surface area contributed by atoms with Crippen molar-refractivity contribution in [1.82, 2.24) is 10.3 Å². The van der Waals surface area contributed by atoms with Gasteiger partial charge in [-0.15, -0.1) is 0 Å². The van der Waals surface area contributed by atoms with Crippen LogP contribution in [0.25, 0.3) is 5.57 Å². The monoisotopic (exact) mass is 454 g/mol. The van der Waals surface area contributed by atoms with Gasteiger partial charge in [0.2, 0.25) is 5.91 Å². The van der Waals surface area contributed by atoms with E-state index in [9.17, 15) is 9.59 Å². The number of carbonyl (C=O) groups is 1. The number of carbonyl (C=O) groups excluding carboxylic acids is 1. The van der Waals surface area contributed by atoms with Gasteiger partial charge in [0.1, 0.15) is 11.9 Å². The Morgan fingerprint density at radius 1 is 1.06 bits per heavy atom. The first kappa shape index (κ1) is 21.3. The molecule has 0 unspecified atom stereocenters. The average Bonchev–Trinajstić information content (AvgIpc) is 3.55. The van der Waals surface area contributed by atoms with Crippen molar-refractivity contribution >= 4 is 23.1 Å². The van der Waals surface area contributed by atoms with Crippen LogP contribution in [0, 0.1) is 0 Å². The molecule has 32 heavy (non-hydrogen) atoms. The topological polar surface area (TPSA) is 80.4 Å². The molecule has 7 heteroatoms. The van der Waals surface area contributed by atoms with Crippen LogP contribution in [-0.2, 0) is 9.53 Å². The maximum absolute atomic E-state index is 12.7. The summed E-state index contributed by atoms with van der Waals surface area (Å²) in [7, 11) is 0. The number of aromatic nitrogens is 1. The van der Waals surface area contributed by atoms with E-state index >= 15 is 0 Å². The van der Waals surface area contributed by atoms with E-state index < -0.39 is 0 Å². The third-order valence-corrected chi connectivity index (χ3v) is 6.64. The van der Waals surface area contributed by atoms with E-state index in [-0.39, 0.29) is 23.6 Å². The van der Waals surface area contributed by atoms with E-state index in [0.717, 1.165) is 54.5 Å². The van der Waals surface area contributed by atoms with Gasteiger partial charge in [-0.3, -0.25) is 9.59 Å². The molecule has 3 aliphatic rings. The lowest BCUT2D eigenvalue weighted by molar-refractivity contribution is -0.119. The van der Waals surface area contributed by atoms with Gasteiger partial charge in [0.25, 0.3) is 5.56 Å². The lowest BCUT2D eigenvalue weighted by atomic mass is 9.98. The molecule has 1 aliphatic carbocycles. The summed E-state index contributed by atoms with van der Waals surface area (Å²) in [6, 6.07) is 9.50. The van der Waals surface area contributed by atoms with Crippen LogP contribution >= 0.6 is 11.6 Å². The molecule has 168 valence electrons. The second kappa shape index (κ2) is 9.12. The van der Waals surface area contributed by atoms with Crippen LogP contribution in [0.1, 0.15) is 61.3 Å². The van der Waals surface area contributed by atoms with Crippen molar-refractivity contribution in [1.29, 1.82) is 0 Å². The van der Waals surface area contributed by atoms with Crippen molar-refractivity contribution in [2.45, 2.75) is 56.6 Å². The average molecular weight is 455 g/mol. The second-order valence-electron chi connectivity index (χ2n) is 8.80. The third-order valence-electron chi connectivity index (χ3n) is 6.35. The molecule has 1 aromatic heterocycles. The molecule has 6 nitrogen and oxygen atoms in total. The molecule has 1 aromatic carbocycles. The number of benzene rings is 1. The second-order valence-corrected chi connectivity index (χ2v) is 9.21. The fourth-order valence-corrected chi connectivity index (χ4v) is 4.63. The molecule has 2 N–H and O–H groups in total. The van der Waals surface area contributed by atoms with Crippen molar-refractivity contribution in [3.63, 3.8) is 0 Å². The van der Waals surface area contributed by atoms with Crippen molar-refractivity contribution in [2.24, 2.45) is 0 Å². The summed E-state index contributed by atoms with van der Waals surface area (Å²) in [5.74, 6) is 1.07. The van der Waals surface area contributed by atoms with Crippen molar-refractivity contribution in [3.05, 3.63) is 68.6 Å². The minimum Gasteiger partial charge on any atom is -0.489 e. The van der Waals surface area contributed by atoms with Gasteiger partial charge in [-0.05, 0) is 48.9 Å². The highest BCUT2D eigenvalue weighted by Gasteiger charge is 2.27. The number of H-pyrrole nitrogens is 1. The minimum atomic E-state index is -0.0824. The highest BCUT2D eigenvalue weighted by Crippen LogP contribution is 2.38. The molecule has 0 spiro atoms. The number of pyridine rings is 1. The molecule has 5 rings (SSSR count). The zero-order valence-corrected chi connectivity index (χ0v) is 18.6. The largest absolute Gasteiger partial charge is 0.489 e. The van der Waals surface area contributed by atoms with Crippen molar-refractivity contribution in [2.75, 3.05) is 13.2 Å². The summed E-state index contributed by atoms with van der Waals surface area (Å²) in [4.78, 5) is 27.5. The van der Waals surface area contributed by atoms with Crippen LogP contribution in [0.15, 0.2) is 41.2 Å². The maximum atomic E-state index is 12.7. The molecule has 0 radical (unpaired) electrons. The van der Waals surface area contributed by atoms with Gasteiger partial charge < -0.3 is 19.8 Å². The Hall–Kier alpha value is -2.57. The Morgan fingerprint density at radius 3 is 2.53 bits per heavy atom. The Balaban J connectivity index is 1.46. The minimum absolute atomic E-state index is 0.0430. The van der Waals surface area contributed by atoms with Gasteiger partial charge >= 0.3 is 0 Å². The van der Waals surface area contributed by atoms with E-state index in [1.54, 1.807) is 0 Å². The van der Waals surface area contributed by atoms with Gasteiger partial charge in [0.15, 0.2) is 0 Å². The summed E-state index contributed by atoms with van der Waals surface area (Å²) in [6.45, 7) is 1.40. The standard InChI is InChI=1S/C25H27ClN2O4/c26-21-13-16(3-7-23(21)32-18-9-11-31-12-10-18)20(14-17-4-8-24(29)27-17)22-6-5-19(15-1-2-15)25(30)28-22/h3,5-7,13-15,17-18H,1-2,4,8-12H2,(H,27,29)(H,28,30)/t17-/m1/s1. The Kier molecular flexibility index (Phi) is 6.07. The zero-order valence-electron chi connectivity index (χ0n) is 17.9. The third kappa shape index (κ3) is 4.76. The summed E-state index contributed by atoms with van der Waals surface area (Å²) in [5.41, 5.74) is 3.23. The quantitative estimate of drug-likeness (QED) is 0.686. The Morgan fingerprint density at radius 2 is 1.88 bits per heavy atom. The van der Waals surface area contributed by atoms with Gasteiger partial charge in [-0.2, -0.15) is 0 Å². The van der Waals surface area contributed by atoms with E-state index in [2.05, 4.69) is 10.3 Å². The number of nitrogens with one attached hydrogen (secondary N) is 2. The normalized spacial score (nSPS) is 22.1. The first-order chi connectivity index (χ1) is 15.6. The molecule has 3 fully saturated rings. The fourth-order valence-electron chi connectivity index (χ4n) is 4.40. The first-order valence-corrected chi connectivity index (χ1v) is 11.7. The van der Waals surface area contributed by atoms with Gasteiger partial charge in [-0.1, -0.05) is 29.8 Å². The molecule has 1 saturated carbocycles. The maximum Gasteiger partial charge on any atom is 0.251 e. The molecule has 2 saturated heterocycles. The van der Waals surface area contributed by atoms with E-state index in [1.807, 2.05) is 36.4 Å². The highest BCUT2D eigenvalue weighted by atomic mass is 35.5. The smallest absolute Gasteiger partial charge is 0.251 e. The molecule has 0 bridgehead atoms. The highest BCUT2D eigenvalue weighted by molar-refractivity contribution is 6.32. The molecular weight excluding hydrogens is 428 g/mol. The number of hydrogen-bond donors (Lipinski definition) is 2. The molecule has 2 aliphatic heterocycles. The number of ether oxygens (including phenoxy) is 2. The van der Waals surface area contributed by atoms with Crippen LogP contribution in [0.5, 0.6) is 5.75 Å². The zero-order chi connectivity index (χ0) is 22.1. The van der Waals surface area contributed by atoms with E-state index in [4.69, 9.17) is 21.1 Å². The van der Waals surface area contributed by atoms with Crippen LogP contribution in [-0.4, -0.2) is 36.3 Å². The first-order valence-electron chi connectivity index (χ1n) is 11.4. The van der Waals surface area contributed by atoms with E-state index in [0.29, 0.717) is 36.3 Å². The van der Waals surface area contributed by atoms with Crippen LogP contribution in [0.3, 0.4) is 0 Å². The predicted octanol–water partition coefficient (Wildman–Crippen LogP) is 4.17. The number of aromatic amines is 1. The van der Waals surface area contributed by atoms with Crippen LogP contribution in [0.2, 0.25) is 5.02 Å².